The Kier molecular flexibility index (Phi) is 5.64. The van der Waals surface area contributed by atoms with Crippen molar-refractivity contribution in [1.82, 2.24) is 20.1 Å². The van der Waals surface area contributed by atoms with Crippen LogP contribution in [-0.4, -0.2) is 45.7 Å². The normalized spacial score (nSPS) is 17.0. The number of likely N-dealkylation sites (tertiary alicyclic amines) is 1. The molecule has 3 aromatic rings. The van der Waals surface area contributed by atoms with Crippen LogP contribution in [0.4, 0.5) is 0 Å². The fourth-order valence-electron chi connectivity index (χ4n) is 4.06. The Labute approximate surface area is 186 Å². The predicted molar refractivity (Wildman–Crippen MR) is 119 cm³/mol. The van der Waals surface area contributed by atoms with Gasteiger partial charge in [0.25, 0.3) is 5.91 Å². The van der Waals surface area contributed by atoms with E-state index >= 15 is 0 Å². The van der Waals surface area contributed by atoms with Crippen LogP contribution in [0.2, 0.25) is 5.02 Å². The summed E-state index contributed by atoms with van der Waals surface area (Å²) in [6.45, 7) is 1.39. The summed E-state index contributed by atoms with van der Waals surface area (Å²) in [7, 11) is 0. The average molecular weight is 437 g/mol. The summed E-state index contributed by atoms with van der Waals surface area (Å²) < 4.78 is 5.74. The van der Waals surface area contributed by atoms with Crippen molar-refractivity contribution in [2.75, 3.05) is 19.7 Å². The fraction of sp³-hybridized carbons (Fsp3) is 0.375. The number of nitrogens with one attached hydrogen (secondary N) is 1. The van der Waals surface area contributed by atoms with Crippen LogP contribution in [0.25, 0.3) is 11.1 Å². The van der Waals surface area contributed by atoms with E-state index in [-0.39, 0.29) is 12.5 Å². The van der Waals surface area contributed by atoms with Gasteiger partial charge in [-0.25, -0.2) is 4.98 Å². The summed E-state index contributed by atoms with van der Waals surface area (Å²) in [5.41, 5.74) is 2.11. The van der Waals surface area contributed by atoms with Gasteiger partial charge in [0.05, 0.1) is 5.02 Å². The monoisotopic (exact) mass is 436 g/mol. The average Bonchev–Trinajstić information content (AvgIpc) is 3.55. The van der Waals surface area contributed by atoms with Crippen molar-refractivity contribution in [2.45, 2.75) is 37.5 Å². The number of aromatic nitrogens is 3. The van der Waals surface area contributed by atoms with Gasteiger partial charge < -0.3 is 9.64 Å². The van der Waals surface area contributed by atoms with E-state index in [2.05, 4.69) is 15.2 Å². The molecule has 6 nitrogen and oxygen atoms in total. The van der Waals surface area contributed by atoms with Gasteiger partial charge >= 0.3 is 0 Å². The zero-order valence-electron chi connectivity index (χ0n) is 17.3. The number of ether oxygens (including phenoxy) is 1. The molecule has 0 spiro atoms. The van der Waals surface area contributed by atoms with E-state index < -0.39 is 0 Å². The minimum atomic E-state index is -0.0158. The molecule has 7 heteroatoms. The summed E-state index contributed by atoms with van der Waals surface area (Å²) in [5.74, 6) is 3.33. The van der Waals surface area contributed by atoms with Crippen LogP contribution in [0.3, 0.4) is 0 Å². The number of H-pyrrole nitrogens is 1. The molecule has 0 atom stereocenters. The van der Waals surface area contributed by atoms with Crippen molar-refractivity contribution >= 4 is 17.5 Å². The zero-order chi connectivity index (χ0) is 21.2. The molecule has 1 saturated carbocycles. The van der Waals surface area contributed by atoms with Gasteiger partial charge in [0, 0.05) is 24.9 Å². The van der Waals surface area contributed by atoms with Gasteiger partial charge in [0.15, 0.2) is 12.4 Å². The molecule has 1 amide bonds. The Morgan fingerprint density at radius 1 is 1.03 bits per heavy atom. The molecule has 0 unspecified atom stereocenters. The molecular formula is C24H25ClN4O2. The number of aromatic amines is 1. The Balaban J connectivity index is 1.13. The fourth-order valence-corrected chi connectivity index (χ4v) is 4.29. The van der Waals surface area contributed by atoms with Gasteiger partial charge in [-0.1, -0.05) is 48.0 Å². The first-order valence-electron chi connectivity index (χ1n) is 10.8. The quantitative estimate of drug-likeness (QED) is 0.603. The lowest BCUT2D eigenvalue weighted by Crippen LogP contribution is -2.40. The van der Waals surface area contributed by atoms with Crippen molar-refractivity contribution in [2.24, 2.45) is 0 Å². The Morgan fingerprint density at radius 2 is 1.81 bits per heavy atom. The summed E-state index contributed by atoms with van der Waals surface area (Å²) in [6.07, 6.45) is 4.17. The third-order valence-electron chi connectivity index (χ3n) is 6.09. The highest BCUT2D eigenvalue weighted by Gasteiger charge is 2.30. The number of amides is 1. The van der Waals surface area contributed by atoms with Crippen LogP contribution in [0.5, 0.6) is 5.75 Å². The summed E-state index contributed by atoms with van der Waals surface area (Å²) >= 11 is 6.40. The molecule has 2 fully saturated rings. The summed E-state index contributed by atoms with van der Waals surface area (Å²) in [5, 5.41) is 7.97. The second-order valence-corrected chi connectivity index (χ2v) is 8.72. The highest BCUT2D eigenvalue weighted by Crippen LogP contribution is 2.38. The SMILES string of the molecule is O=C(COc1ccc(-c2ccccc2)cc1Cl)N1CCC(c2nc(C3CC3)n[nH]2)CC1. The van der Waals surface area contributed by atoms with Gasteiger partial charge in [0.2, 0.25) is 0 Å². The van der Waals surface area contributed by atoms with Gasteiger partial charge in [0.1, 0.15) is 11.6 Å². The van der Waals surface area contributed by atoms with Crippen LogP contribution in [0, 0.1) is 0 Å². The maximum absolute atomic E-state index is 12.6. The lowest BCUT2D eigenvalue weighted by Gasteiger charge is -2.31. The maximum Gasteiger partial charge on any atom is 0.260 e. The number of halogens is 1. The molecule has 1 N–H and O–H groups in total. The van der Waals surface area contributed by atoms with E-state index in [4.69, 9.17) is 16.3 Å². The molecule has 2 aromatic carbocycles. The van der Waals surface area contributed by atoms with Crippen molar-refractivity contribution < 1.29 is 9.53 Å². The zero-order valence-corrected chi connectivity index (χ0v) is 18.0. The van der Waals surface area contributed by atoms with Crippen LogP contribution < -0.4 is 4.74 Å². The van der Waals surface area contributed by atoms with Crippen molar-refractivity contribution in [3.8, 4) is 16.9 Å². The molecule has 2 aliphatic rings. The minimum Gasteiger partial charge on any atom is -0.482 e. The van der Waals surface area contributed by atoms with Gasteiger partial charge in [-0.3, -0.25) is 9.89 Å². The standard InChI is InChI=1S/C24H25ClN4O2/c25-20-14-19(16-4-2-1-3-5-16)8-9-21(20)31-15-22(30)29-12-10-18(11-13-29)24-26-23(27-28-24)17-6-7-17/h1-5,8-9,14,17-18H,6-7,10-13,15H2,(H,26,27,28). The first-order valence-corrected chi connectivity index (χ1v) is 11.2. The second-order valence-electron chi connectivity index (χ2n) is 8.31. The van der Waals surface area contributed by atoms with E-state index in [1.165, 1.54) is 12.8 Å². The van der Waals surface area contributed by atoms with Crippen LogP contribution in [-0.2, 0) is 4.79 Å². The smallest absolute Gasteiger partial charge is 0.260 e. The molecule has 160 valence electrons. The molecule has 1 aliphatic heterocycles. The van der Waals surface area contributed by atoms with Crippen LogP contribution in [0.15, 0.2) is 48.5 Å². The third-order valence-corrected chi connectivity index (χ3v) is 6.38. The predicted octanol–water partition coefficient (Wildman–Crippen LogP) is 4.79. The highest BCUT2D eigenvalue weighted by atomic mass is 35.5. The summed E-state index contributed by atoms with van der Waals surface area (Å²) in [4.78, 5) is 19.2. The largest absolute Gasteiger partial charge is 0.482 e. The number of hydrogen-bond acceptors (Lipinski definition) is 4. The third kappa shape index (κ3) is 4.59. The van der Waals surface area contributed by atoms with Gasteiger partial charge in [-0.2, -0.15) is 5.10 Å². The number of nitrogens with zero attached hydrogens (tertiary/aromatic N) is 3. The number of hydrogen-bond donors (Lipinski definition) is 1. The molecule has 31 heavy (non-hydrogen) atoms. The topological polar surface area (TPSA) is 71.1 Å². The molecule has 2 heterocycles. The van der Waals surface area contributed by atoms with E-state index in [0.717, 1.165) is 35.6 Å². The van der Waals surface area contributed by atoms with Crippen LogP contribution in [0.1, 0.15) is 49.2 Å². The molecule has 1 saturated heterocycles. The molecule has 1 aliphatic carbocycles. The van der Waals surface area contributed by atoms with E-state index in [1.807, 2.05) is 53.4 Å². The van der Waals surface area contributed by atoms with E-state index in [9.17, 15) is 4.79 Å². The van der Waals surface area contributed by atoms with Crippen molar-refractivity contribution in [3.63, 3.8) is 0 Å². The molecule has 0 bridgehead atoms. The maximum atomic E-state index is 12.6. The minimum absolute atomic E-state index is 0.0107. The lowest BCUT2D eigenvalue weighted by molar-refractivity contribution is -0.134. The highest BCUT2D eigenvalue weighted by molar-refractivity contribution is 6.32. The first kappa shape index (κ1) is 20.1. The van der Waals surface area contributed by atoms with Gasteiger partial charge in [-0.05, 0) is 48.9 Å². The van der Waals surface area contributed by atoms with Crippen LogP contribution >= 0.6 is 11.6 Å². The Bertz CT molecular complexity index is 1060. The van der Waals surface area contributed by atoms with E-state index in [0.29, 0.717) is 35.7 Å². The number of piperidine rings is 1. The first-order chi connectivity index (χ1) is 15.2. The molecule has 1 aromatic heterocycles. The molecular weight excluding hydrogens is 412 g/mol. The Hall–Kier alpha value is -2.86. The Morgan fingerprint density at radius 3 is 2.52 bits per heavy atom. The number of carbonyl (C=O) groups is 1. The lowest BCUT2D eigenvalue weighted by atomic mass is 9.96. The molecule has 5 rings (SSSR count). The second kappa shape index (κ2) is 8.71. The van der Waals surface area contributed by atoms with Crippen molar-refractivity contribution in [3.05, 3.63) is 65.2 Å². The van der Waals surface area contributed by atoms with Gasteiger partial charge in [-0.15, -0.1) is 0 Å². The molecule has 0 radical (unpaired) electrons. The number of carbonyl (C=O) groups excluding carboxylic acids is 1. The van der Waals surface area contributed by atoms with E-state index in [1.54, 1.807) is 0 Å². The van der Waals surface area contributed by atoms with Crippen molar-refractivity contribution in [1.29, 1.82) is 0 Å². The number of benzene rings is 2. The number of rotatable bonds is 6. The summed E-state index contributed by atoms with van der Waals surface area (Å²) in [6, 6.07) is 15.7.